The van der Waals surface area contributed by atoms with Crippen molar-refractivity contribution in [2.24, 2.45) is 5.41 Å². The van der Waals surface area contributed by atoms with E-state index in [2.05, 4.69) is 18.8 Å². The van der Waals surface area contributed by atoms with E-state index in [1.54, 1.807) is 0 Å². The summed E-state index contributed by atoms with van der Waals surface area (Å²) in [5, 5.41) is 3.32. The highest BCUT2D eigenvalue weighted by Gasteiger charge is 2.42. The van der Waals surface area contributed by atoms with Crippen LogP contribution in [0.15, 0.2) is 12.7 Å². The lowest BCUT2D eigenvalue weighted by atomic mass is 9.79. The monoisotopic (exact) mass is 222 g/mol. The Morgan fingerprint density at radius 3 is 2.62 bits per heavy atom. The number of nitrogens with zero attached hydrogens (tertiary/aromatic N) is 1. The molecule has 90 valence electrons. The van der Waals surface area contributed by atoms with Gasteiger partial charge in [0.2, 0.25) is 5.91 Å². The average Bonchev–Trinajstić information content (AvgIpc) is 3.10. The van der Waals surface area contributed by atoms with Crippen LogP contribution in [0.3, 0.4) is 0 Å². The Morgan fingerprint density at radius 1 is 1.50 bits per heavy atom. The van der Waals surface area contributed by atoms with Crippen molar-refractivity contribution in [2.45, 2.75) is 38.6 Å². The minimum absolute atomic E-state index is 0.142. The SMILES string of the molecule is C=CCN(C(=O)C1(C)CCNCC1)C1CC1. The van der Waals surface area contributed by atoms with Crippen LogP contribution in [0.2, 0.25) is 0 Å². The van der Waals surface area contributed by atoms with Gasteiger partial charge in [-0.1, -0.05) is 13.0 Å². The zero-order valence-corrected chi connectivity index (χ0v) is 10.2. The van der Waals surface area contributed by atoms with Gasteiger partial charge in [-0.2, -0.15) is 0 Å². The number of hydrogen-bond donors (Lipinski definition) is 1. The van der Waals surface area contributed by atoms with Crippen LogP contribution in [0, 0.1) is 5.41 Å². The largest absolute Gasteiger partial charge is 0.336 e. The van der Waals surface area contributed by atoms with Crippen LogP contribution >= 0.6 is 0 Å². The van der Waals surface area contributed by atoms with E-state index in [4.69, 9.17) is 0 Å². The van der Waals surface area contributed by atoms with Crippen molar-refractivity contribution in [3.8, 4) is 0 Å². The molecule has 1 saturated heterocycles. The molecule has 2 aliphatic rings. The molecule has 0 unspecified atom stereocenters. The molecule has 2 fully saturated rings. The second-order valence-electron chi connectivity index (χ2n) is 5.29. The van der Waals surface area contributed by atoms with Gasteiger partial charge in [0.1, 0.15) is 0 Å². The third kappa shape index (κ3) is 2.29. The zero-order valence-electron chi connectivity index (χ0n) is 10.2. The molecule has 0 radical (unpaired) electrons. The summed E-state index contributed by atoms with van der Waals surface area (Å²) in [4.78, 5) is 14.6. The summed E-state index contributed by atoms with van der Waals surface area (Å²) in [6.45, 7) is 8.52. The maximum absolute atomic E-state index is 12.5. The fourth-order valence-corrected chi connectivity index (χ4v) is 2.46. The van der Waals surface area contributed by atoms with Crippen LogP contribution in [-0.2, 0) is 4.79 Å². The first kappa shape index (κ1) is 11.6. The van der Waals surface area contributed by atoms with Gasteiger partial charge in [-0.3, -0.25) is 4.79 Å². The molecular weight excluding hydrogens is 200 g/mol. The fraction of sp³-hybridized carbons (Fsp3) is 0.769. The molecule has 1 saturated carbocycles. The quantitative estimate of drug-likeness (QED) is 0.732. The van der Waals surface area contributed by atoms with Gasteiger partial charge in [0.25, 0.3) is 0 Å². The molecule has 0 aromatic rings. The van der Waals surface area contributed by atoms with Crippen molar-refractivity contribution in [1.82, 2.24) is 10.2 Å². The molecule has 1 aliphatic heterocycles. The predicted octanol–water partition coefficient (Wildman–Crippen LogP) is 1.55. The maximum Gasteiger partial charge on any atom is 0.229 e. The second-order valence-corrected chi connectivity index (χ2v) is 5.29. The van der Waals surface area contributed by atoms with Crippen molar-refractivity contribution >= 4 is 5.91 Å². The topological polar surface area (TPSA) is 32.3 Å². The first-order valence-electron chi connectivity index (χ1n) is 6.30. The highest BCUT2D eigenvalue weighted by molar-refractivity contribution is 5.83. The second kappa shape index (κ2) is 4.58. The number of amides is 1. The number of rotatable bonds is 4. The highest BCUT2D eigenvalue weighted by atomic mass is 16.2. The van der Waals surface area contributed by atoms with Gasteiger partial charge in [0.05, 0.1) is 0 Å². The van der Waals surface area contributed by atoms with Gasteiger partial charge in [0.15, 0.2) is 0 Å². The number of hydrogen-bond acceptors (Lipinski definition) is 2. The Labute approximate surface area is 97.9 Å². The Bertz CT molecular complexity index is 278. The molecule has 0 atom stereocenters. The first-order chi connectivity index (χ1) is 7.67. The Hall–Kier alpha value is -0.830. The van der Waals surface area contributed by atoms with Crippen LogP contribution in [-0.4, -0.2) is 36.5 Å². The molecular formula is C13H22N2O. The van der Waals surface area contributed by atoms with Gasteiger partial charge >= 0.3 is 0 Å². The molecule has 1 heterocycles. The number of nitrogens with one attached hydrogen (secondary N) is 1. The molecule has 0 spiro atoms. The highest BCUT2D eigenvalue weighted by Crippen LogP contribution is 2.35. The molecule has 16 heavy (non-hydrogen) atoms. The van der Waals surface area contributed by atoms with Crippen molar-refractivity contribution in [2.75, 3.05) is 19.6 Å². The molecule has 0 aromatic carbocycles. The summed E-state index contributed by atoms with van der Waals surface area (Å²) in [6.07, 6.45) is 6.13. The van der Waals surface area contributed by atoms with Gasteiger partial charge in [-0.05, 0) is 38.8 Å². The first-order valence-corrected chi connectivity index (χ1v) is 6.30. The molecule has 0 aromatic heterocycles. The lowest BCUT2D eigenvalue weighted by molar-refractivity contribution is -0.142. The molecule has 3 heteroatoms. The summed E-state index contributed by atoms with van der Waals surface area (Å²) < 4.78 is 0. The minimum atomic E-state index is -0.142. The summed E-state index contributed by atoms with van der Waals surface area (Å²) in [5.74, 6) is 0.344. The number of carbonyl (C=O) groups is 1. The van der Waals surface area contributed by atoms with Gasteiger partial charge < -0.3 is 10.2 Å². The zero-order chi connectivity index (χ0) is 11.6. The Morgan fingerprint density at radius 2 is 2.12 bits per heavy atom. The fourth-order valence-electron chi connectivity index (χ4n) is 2.46. The van der Waals surface area contributed by atoms with Crippen molar-refractivity contribution < 1.29 is 4.79 Å². The van der Waals surface area contributed by atoms with E-state index in [1.807, 2.05) is 11.0 Å². The molecule has 1 aliphatic carbocycles. The molecule has 2 rings (SSSR count). The maximum atomic E-state index is 12.5. The standard InChI is InChI=1S/C13H22N2O/c1-3-10-15(11-4-5-11)12(16)13(2)6-8-14-9-7-13/h3,11,14H,1,4-10H2,2H3. The van der Waals surface area contributed by atoms with Gasteiger partial charge in [0, 0.05) is 18.0 Å². The van der Waals surface area contributed by atoms with Gasteiger partial charge in [-0.25, -0.2) is 0 Å². The van der Waals surface area contributed by atoms with Crippen molar-refractivity contribution in [3.63, 3.8) is 0 Å². The lowest BCUT2D eigenvalue weighted by Crippen LogP contribution is -2.48. The van der Waals surface area contributed by atoms with Crippen LogP contribution in [0.1, 0.15) is 32.6 Å². The van der Waals surface area contributed by atoms with E-state index in [9.17, 15) is 4.79 Å². The summed E-state index contributed by atoms with van der Waals surface area (Å²) in [5.41, 5.74) is -0.142. The molecule has 3 nitrogen and oxygen atoms in total. The van der Waals surface area contributed by atoms with Crippen molar-refractivity contribution in [3.05, 3.63) is 12.7 Å². The van der Waals surface area contributed by atoms with E-state index in [-0.39, 0.29) is 5.41 Å². The van der Waals surface area contributed by atoms with E-state index < -0.39 is 0 Å². The van der Waals surface area contributed by atoms with E-state index in [0.29, 0.717) is 18.5 Å². The number of piperidine rings is 1. The summed E-state index contributed by atoms with van der Waals surface area (Å²) >= 11 is 0. The normalized spacial score (nSPS) is 23.8. The Balaban J connectivity index is 2.05. The molecule has 1 N–H and O–H groups in total. The van der Waals surface area contributed by atoms with Crippen LogP contribution in [0.4, 0.5) is 0 Å². The van der Waals surface area contributed by atoms with Crippen LogP contribution < -0.4 is 5.32 Å². The smallest absolute Gasteiger partial charge is 0.229 e. The minimum Gasteiger partial charge on any atom is -0.336 e. The Kier molecular flexibility index (Phi) is 3.33. The number of carbonyl (C=O) groups excluding carboxylic acids is 1. The van der Waals surface area contributed by atoms with Crippen LogP contribution in [0.25, 0.3) is 0 Å². The average molecular weight is 222 g/mol. The van der Waals surface area contributed by atoms with E-state index in [1.165, 1.54) is 12.8 Å². The van der Waals surface area contributed by atoms with Crippen LogP contribution in [0.5, 0.6) is 0 Å². The summed E-state index contributed by atoms with van der Waals surface area (Å²) in [6, 6.07) is 0.497. The third-order valence-electron chi connectivity index (χ3n) is 3.80. The van der Waals surface area contributed by atoms with Crippen molar-refractivity contribution in [1.29, 1.82) is 0 Å². The summed E-state index contributed by atoms with van der Waals surface area (Å²) in [7, 11) is 0. The third-order valence-corrected chi connectivity index (χ3v) is 3.80. The molecule has 0 bridgehead atoms. The molecule has 1 amide bonds. The predicted molar refractivity (Wildman–Crippen MR) is 65.1 cm³/mol. The van der Waals surface area contributed by atoms with E-state index >= 15 is 0 Å². The van der Waals surface area contributed by atoms with Gasteiger partial charge in [-0.15, -0.1) is 6.58 Å². The van der Waals surface area contributed by atoms with E-state index in [0.717, 1.165) is 25.9 Å². The lowest BCUT2D eigenvalue weighted by Gasteiger charge is -2.37.